The van der Waals surface area contributed by atoms with Crippen LogP contribution < -0.4 is 10.4 Å². The Bertz CT molecular complexity index is 1300. The van der Waals surface area contributed by atoms with Crippen LogP contribution in [0.3, 0.4) is 0 Å². The minimum absolute atomic E-state index is 0.0842. The van der Waals surface area contributed by atoms with Gasteiger partial charge < -0.3 is 9.16 Å². The predicted molar refractivity (Wildman–Crippen MR) is 157 cm³/mol. The van der Waals surface area contributed by atoms with Gasteiger partial charge in [-0.25, -0.2) is 4.79 Å². The summed E-state index contributed by atoms with van der Waals surface area (Å²) < 4.78 is 14.6. The first-order valence-corrected chi connectivity index (χ1v) is 15.8. The molecule has 3 nitrogen and oxygen atoms in total. The van der Waals surface area contributed by atoms with Gasteiger partial charge in [0.25, 0.3) is 8.32 Å². The topological polar surface area (TPSA) is 35.5 Å². The lowest BCUT2D eigenvalue weighted by molar-refractivity contribution is 0.0526. The van der Waals surface area contributed by atoms with E-state index in [1.807, 2.05) is 19.1 Å². The Morgan fingerprint density at radius 3 is 2.08 bits per heavy atom. The van der Waals surface area contributed by atoms with Crippen LogP contribution in [0.2, 0.25) is 5.04 Å². The minimum atomic E-state index is -2.63. The number of benzene rings is 3. The number of carbonyl (C=O) groups is 1. The van der Waals surface area contributed by atoms with Crippen molar-refractivity contribution >= 4 is 62.0 Å². The van der Waals surface area contributed by atoms with Crippen LogP contribution in [-0.4, -0.2) is 27.5 Å². The average Bonchev–Trinajstić information content (AvgIpc) is 3.15. The van der Waals surface area contributed by atoms with Crippen molar-refractivity contribution in [1.82, 2.24) is 0 Å². The van der Waals surface area contributed by atoms with E-state index in [1.165, 1.54) is 21.3 Å². The molecule has 0 unspecified atom stereocenters. The summed E-state index contributed by atoms with van der Waals surface area (Å²) in [6.45, 7) is 11.7. The molecule has 0 bridgehead atoms. The fraction of sp³-hybridized carbons (Fsp3) is 0.300. The molecular formula is C30H33BrO3SSi. The molecular weight excluding hydrogens is 548 g/mol. The van der Waals surface area contributed by atoms with Crippen molar-refractivity contribution in [2.45, 2.75) is 46.1 Å². The number of ether oxygens (including phenoxy) is 1. The molecule has 3 aromatic carbocycles. The summed E-state index contributed by atoms with van der Waals surface area (Å²) in [5.41, 5.74) is 2.91. The van der Waals surface area contributed by atoms with Gasteiger partial charge in [0.05, 0.1) is 16.0 Å². The smallest absolute Gasteiger partial charge is 0.338 e. The second-order valence-corrected chi connectivity index (χ2v) is 16.7. The summed E-state index contributed by atoms with van der Waals surface area (Å²) in [6.07, 6.45) is 0.707. The summed E-state index contributed by atoms with van der Waals surface area (Å²) >= 11 is 5.36. The Kier molecular flexibility index (Phi) is 8.20. The molecule has 4 aromatic rings. The van der Waals surface area contributed by atoms with E-state index in [0.29, 0.717) is 25.2 Å². The van der Waals surface area contributed by atoms with Crippen LogP contribution in [0, 0.1) is 6.92 Å². The van der Waals surface area contributed by atoms with Crippen molar-refractivity contribution < 1.29 is 14.0 Å². The lowest BCUT2D eigenvalue weighted by Gasteiger charge is -2.43. The van der Waals surface area contributed by atoms with E-state index >= 15 is 0 Å². The largest absolute Gasteiger partial charge is 0.462 e. The Morgan fingerprint density at radius 1 is 0.972 bits per heavy atom. The molecule has 0 aliphatic rings. The van der Waals surface area contributed by atoms with Gasteiger partial charge in [-0.2, -0.15) is 0 Å². The zero-order chi connectivity index (χ0) is 25.9. The van der Waals surface area contributed by atoms with Gasteiger partial charge in [0.2, 0.25) is 0 Å². The molecule has 0 aliphatic carbocycles. The molecule has 0 aliphatic heterocycles. The zero-order valence-electron chi connectivity index (χ0n) is 21.6. The fourth-order valence-electron chi connectivity index (χ4n) is 5.06. The number of aryl methyl sites for hydroxylation is 1. The first kappa shape index (κ1) is 26.8. The molecule has 0 N–H and O–H groups in total. The van der Waals surface area contributed by atoms with E-state index in [-0.39, 0.29) is 11.0 Å². The molecule has 0 spiro atoms. The van der Waals surface area contributed by atoms with E-state index in [9.17, 15) is 4.79 Å². The average molecular weight is 582 g/mol. The zero-order valence-corrected chi connectivity index (χ0v) is 25.0. The van der Waals surface area contributed by atoms with Crippen LogP contribution in [-0.2, 0) is 15.6 Å². The molecule has 36 heavy (non-hydrogen) atoms. The molecule has 188 valence electrons. The minimum Gasteiger partial charge on any atom is -0.462 e. The van der Waals surface area contributed by atoms with Gasteiger partial charge in [0.1, 0.15) is 0 Å². The molecule has 0 fully saturated rings. The molecule has 0 saturated heterocycles. The van der Waals surface area contributed by atoms with Gasteiger partial charge in [0.15, 0.2) is 0 Å². The van der Waals surface area contributed by atoms with Gasteiger partial charge in [0, 0.05) is 11.3 Å². The highest BCUT2D eigenvalue weighted by Gasteiger charge is 2.50. The first-order valence-electron chi connectivity index (χ1n) is 12.3. The summed E-state index contributed by atoms with van der Waals surface area (Å²) in [7, 11) is -2.63. The molecule has 0 atom stereocenters. The number of halogens is 1. The monoisotopic (exact) mass is 580 g/mol. The second-order valence-electron chi connectivity index (χ2n) is 9.99. The third-order valence-corrected chi connectivity index (χ3v) is 13.8. The van der Waals surface area contributed by atoms with Crippen LogP contribution in [0.25, 0.3) is 10.1 Å². The highest BCUT2D eigenvalue weighted by Crippen LogP contribution is 2.39. The van der Waals surface area contributed by atoms with Crippen molar-refractivity contribution in [2.24, 2.45) is 0 Å². The second kappa shape index (κ2) is 11.0. The number of hydrogen-bond acceptors (Lipinski definition) is 4. The van der Waals surface area contributed by atoms with Crippen molar-refractivity contribution in [1.29, 1.82) is 0 Å². The Balaban J connectivity index is 1.76. The van der Waals surface area contributed by atoms with E-state index in [2.05, 4.69) is 104 Å². The molecule has 4 rings (SSSR count). The maximum absolute atomic E-state index is 12.6. The normalized spacial score (nSPS) is 12.2. The number of esters is 1. The van der Waals surface area contributed by atoms with E-state index in [0.717, 1.165) is 14.0 Å². The highest BCUT2D eigenvalue weighted by atomic mass is 79.9. The van der Waals surface area contributed by atoms with Gasteiger partial charge in [-0.3, -0.25) is 0 Å². The number of fused-ring (bicyclic) bond motifs is 1. The Morgan fingerprint density at radius 2 is 1.56 bits per heavy atom. The van der Waals surface area contributed by atoms with E-state index < -0.39 is 8.32 Å². The standard InChI is InChI=1S/C30H33BrO3SSi/c1-6-33-29(32)23-19-22(27-21(2)28(31)35-26(27)20-23)17-18-34-36(30(3,4)5,24-13-9-7-10-14-24)25-15-11-8-12-16-25/h7-16,19-20H,6,17-18H2,1-5H3. The predicted octanol–water partition coefficient (Wildman–Crippen LogP) is 7.27. The van der Waals surface area contributed by atoms with Gasteiger partial charge in [-0.1, -0.05) is 81.4 Å². The van der Waals surface area contributed by atoms with Gasteiger partial charge in [-0.15, -0.1) is 11.3 Å². The van der Waals surface area contributed by atoms with Gasteiger partial charge in [-0.05, 0) is 80.3 Å². The summed E-state index contributed by atoms with van der Waals surface area (Å²) in [4.78, 5) is 12.6. The van der Waals surface area contributed by atoms with Crippen LogP contribution in [0.5, 0.6) is 0 Å². The van der Waals surface area contributed by atoms with Crippen molar-refractivity contribution in [2.75, 3.05) is 13.2 Å². The molecule has 1 heterocycles. The third-order valence-electron chi connectivity index (χ3n) is 6.67. The lowest BCUT2D eigenvalue weighted by atomic mass is 10.0. The summed E-state index contributed by atoms with van der Waals surface area (Å²) in [5, 5.41) is 3.65. The summed E-state index contributed by atoms with van der Waals surface area (Å²) in [5.74, 6) is -0.282. The van der Waals surface area contributed by atoms with Crippen LogP contribution in [0.15, 0.2) is 76.6 Å². The lowest BCUT2D eigenvalue weighted by Crippen LogP contribution is -2.66. The molecule has 0 radical (unpaired) electrons. The maximum Gasteiger partial charge on any atom is 0.338 e. The van der Waals surface area contributed by atoms with Crippen LogP contribution >= 0.6 is 27.3 Å². The van der Waals surface area contributed by atoms with Crippen molar-refractivity contribution in [3.8, 4) is 0 Å². The number of hydrogen-bond donors (Lipinski definition) is 0. The molecule has 6 heteroatoms. The van der Waals surface area contributed by atoms with Crippen molar-refractivity contribution in [3.05, 3.63) is 93.3 Å². The Hall–Kier alpha value is -2.25. The molecule has 0 amide bonds. The van der Waals surface area contributed by atoms with Gasteiger partial charge >= 0.3 is 5.97 Å². The summed E-state index contributed by atoms with van der Waals surface area (Å²) in [6, 6.07) is 25.3. The first-order chi connectivity index (χ1) is 17.2. The molecule has 1 aromatic heterocycles. The Labute approximate surface area is 227 Å². The fourth-order valence-corrected chi connectivity index (χ4v) is 11.4. The van der Waals surface area contributed by atoms with Crippen molar-refractivity contribution in [3.63, 3.8) is 0 Å². The van der Waals surface area contributed by atoms with Crippen LogP contribution in [0.1, 0.15) is 49.2 Å². The highest BCUT2D eigenvalue weighted by molar-refractivity contribution is 9.11. The van der Waals surface area contributed by atoms with E-state index in [4.69, 9.17) is 9.16 Å². The maximum atomic E-state index is 12.6. The number of carbonyl (C=O) groups excluding carboxylic acids is 1. The third kappa shape index (κ3) is 5.10. The number of thiophene rings is 1. The number of rotatable bonds is 8. The van der Waals surface area contributed by atoms with Crippen LogP contribution in [0.4, 0.5) is 0 Å². The SMILES string of the molecule is CCOC(=O)c1cc(CCO[Si](c2ccccc2)(c2ccccc2)C(C)(C)C)c2c(C)c(Br)sc2c1. The van der Waals surface area contributed by atoms with E-state index in [1.54, 1.807) is 11.3 Å². The quantitative estimate of drug-likeness (QED) is 0.162. The molecule has 0 saturated carbocycles.